The van der Waals surface area contributed by atoms with Crippen molar-refractivity contribution in [1.82, 2.24) is 5.32 Å². The Morgan fingerprint density at radius 3 is 2.47 bits per heavy atom. The van der Waals surface area contributed by atoms with Gasteiger partial charge in [-0.2, -0.15) is 0 Å². The molecule has 0 spiro atoms. The van der Waals surface area contributed by atoms with E-state index in [1.54, 1.807) is 18.2 Å². The molecular formula is C23H17FN2O3S. The molecular weight excluding hydrogens is 403 g/mol. The van der Waals surface area contributed by atoms with Crippen LogP contribution in [0, 0.1) is 5.82 Å². The number of thiocarbonyl (C=S) groups is 1. The Balaban J connectivity index is 1.83. The van der Waals surface area contributed by atoms with Gasteiger partial charge in [0.25, 0.3) is 11.8 Å². The number of anilines is 1. The minimum Gasteiger partial charge on any atom is -0.493 e. The highest BCUT2D eigenvalue weighted by atomic mass is 32.1. The molecule has 0 aromatic heterocycles. The fourth-order valence-corrected chi connectivity index (χ4v) is 3.64. The largest absolute Gasteiger partial charge is 0.493 e. The second-order valence-corrected chi connectivity index (χ2v) is 6.93. The topological polar surface area (TPSA) is 58.6 Å². The summed E-state index contributed by atoms with van der Waals surface area (Å²) in [5.41, 5.74) is 0.505. The van der Waals surface area contributed by atoms with Crippen LogP contribution in [0.15, 0.2) is 66.2 Å². The fourth-order valence-electron chi connectivity index (χ4n) is 3.37. The van der Waals surface area contributed by atoms with Gasteiger partial charge in [-0.25, -0.2) is 9.29 Å². The summed E-state index contributed by atoms with van der Waals surface area (Å²) in [7, 11) is 0. The second-order valence-electron chi connectivity index (χ2n) is 6.54. The van der Waals surface area contributed by atoms with Gasteiger partial charge in [-0.15, -0.1) is 0 Å². The Labute approximate surface area is 177 Å². The standard InChI is InChI=1S/C23H17FN2O3S/c1-2-29-20-12-11-14(15-7-3-4-8-16(15)20)13-17-21(27)25-23(30)26(22(17)28)19-10-6-5-9-18(19)24/h3-13H,2H2,1H3,(H,25,27,30)/b17-13-. The highest BCUT2D eigenvalue weighted by molar-refractivity contribution is 7.80. The van der Waals surface area contributed by atoms with E-state index in [0.717, 1.165) is 15.7 Å². The van der Waals surface area contributed by atoms with E-state index in [-0.39, 0.29) is 16.4 Å². The van der Waals surface area contributed by atoms with Crippen LogP contribution in [0.2, 0.25) is 0 Å². The zero-order chi connectivity index (χ0) is 21.3. The Morgan fingerprint density at radius 2 is 1.73 bits per heavy atom. The van der Waals surface area contributed by atoms with E-state index in [4.69, 9.17) is 17.0 Å². The van der Waals surface area contributed by atoms with E-state index in [2.05, 4.69) is 5.32 Å². The summed E-state index contributed by atoms with van der Waals surface area (Å²) in [6.45, 7) is 2.41. The summed E-state index contributed by atoms with van der Waals surface area (Å²) in [4.78, 5) is 26.7. The first-order valence-electron chi connectivity index (χ1n) is 9.31. The lowest BCUT2D eigenvalue weighted by Gasteiger charge is -2.29. The molecule has 5 nitrogen and oxygen atoms in total. The molecule has 0 bridgehead atoms. The number of carbonyl (C=O) groups is 2. The number of nitrogens with zero attached hydrogens (tertiary/aromatic N) is 1. The van der Waals surface area contributed by atoms with Crippen molar-refractivity contribution >= 4 is 51.7 Å². The molecule has 0 atom stereocenters. The van der Waals surface area contributed by atoms with Gasteiger partial charge in [-0.05, 0) is 54.4 Å². The molecule has 1 fully saturated rings. The number of nitrogens with one attached hydrogen (secondary N) is 1. The molecule has 4 rings (SSSR count). The third-order valence-electron chi connectivity index (χ3n) is 4.71. The van der Waals surface area contributed by atoms with Crippen molar-refractivity contribution in [3.8, 4) is 5.75 Å². The highest BCUT2D eigenvalue weighted by Crippen LogP contribution is 2.31. The molecule has 7 heteroatoms. The van der Waals surface area contributed by atoms with E-state index in [1.807, 2.05) is 31.2 Å². The van der Waals surface area contributed by atoms with E-state index < -0.39 is 17.6 Å². The molecule has 3 aromatic carbocycles. The van der Waals surface area contributed by atoms with Gasteiger partial charge < -0.3 is 4.74 Å². The molecule has 1 N–H and O–H groups in total. The molecule has 1 heterocycles. The van der Waals surface area contributed by atoms with Crippen LogP contribution in [0.5, 0.6) is 5.75 Å². The Bertz CT molecular complexity index is 1220. The molecule has 1 aliphatic heterocycles. The number of carbonyl (C=O) groups excluding carboxylic acids is 2. The van der Waals surface area contributed by atoms with Gasteiger partial charge >= 0.3 is 0 Å². The van der Waals surface area contributed by atoms with Crippen LogP contribution in [-0.2, 0) is 9.59 Å². The van der Waals surface area contributed by atoms with Gasteiger partial charge in [0.2, 0.25) is 0 Å². The number of fused-ring (bicyclic) bond motifs is 1. The lowest BCUT2D eigenvalue weighted by Crippen LogP contribution is -2.54. The number of para-hydroxylation sites is 1. The van der Waals surface area contributed by atoms with Crippen LogP contribution in [0.25, 0.3) is 16.8 Å². The molecule has 3 aromatic rings. The molecule has 2 amide bonds. The van der Waals surface area contributed by atoms with Crippen molar-refractivity contribution in [2.75, 3.05) is 11.5 Å². The predicted octanol–water partition coefficient (Wildman–Crippen LogP) is 4.21. The molecule has 0 saturated carbocycles. The summed E-state index contributed by atoms with van der Waals surface area (Å²) >= 11 is 5.13. The summed E-state index contributed by atoms with van der Waals surface area (Å²) < 4.78 is 20.0. The fraction of sp³-hybridized carbons (Fsp3) is 0.0870. The third kappa shape index (κ3) is 3.44. The van der Waals surface area contributed by atoms with E-state index >= 15 is 0 Å². The lowest BCUT2D eigenvalue weighted by molar-refractivity contribution is -0.122. The second kappa shape index (κ2) is 8.04. The van der Waals surface area contributed by atoms with E-state index in [0.29, 0.717) is 17.9 Å². The number of halogens is 1. The normalized spacial score (nSPS) is 15.6. The maximum Gasteiger partial charge on any atom is 0.270 e. The Morgan fingerprint density at radius 1 is 1.03 bits per heavy atom. The molecule has 0 unspecified atom stereocenters. The summed E-state index contributed by atoms with van der Waals surface area (Å²) in [5, 5.41) is 3.99. The van der Waals surface area contributed by atoms with E-state index in [9.17, 15) is 14.0 Å². The number of hydrogen-bond donors (Lipinski definition) is 1. The predicted molar refractivity (Wildman–Crippen MR) is 118 cm³/mol. The van der Waals surface area contributed by atoms with Crippen molar-refractivity contribution in [3.05, 3.63) is 77.6 Å². The summed E-state index contributed by atoms with van der Waals surface area (Å²) in [6, 6.07) is 16.9. The monoisotopic (exact) mass is 420 g/mol. The first-order valence-corrected chi connectivity index (χ1v) is 9.72. The highest BCUT2D eigenvalue weighted by Gasteiger charge is 2.35. The average molecular weight is 420 g/mol. The molecule has 1 saturated heterocycles. The quantitative estimate of drug-likeness (QED) is 0.390. The third-order valence-corrected chi connectivity index (χ3v) is 5.00. The van der Waals surface area contributed by atoms with Crippen LogP contribution in [0.3, 0.4) is 0 Å². The smallest absolute Gasteiger partial charge is 0.270 e. The molecule has 1 aliphatic rings. The molecule has 150 valence electrons. The molecule has 30 heavy (non-hydrogen) atoms. The van der Waals surface area contributed by atoms with Gasteiger partial charge in [-0.3, -0.25) is 14.9 Å². The maximum absolute atomic E-state index is 14.3. The minimum atomic E-state index is -0.688. The number of hydrogen-bond acceptors (Lipinski definition) is 4. The van der Waals surface area contributed by atoms with Crippen molar-refractivity contribution in [2.24, 2.45) is 0 Å². The van der Waals surface area contributed by atoms with Crippen molar-refractivity contribution < 1.29 is 18.7 Å². The van der Waals surface area contributed by atoms with Crippen LogP contribution < -0.4 is 15.0 Å². The Hall–Kier alpha value is -3.58. The van der Waals surface area contributed by atoms with Gasteiger partial charge in [0.15, 0.2) is 5.11 Å². The SMILES string of the molecule is CCOc1ccc(/C=C2/C(=O)NC(=S)N(c3ccccc3F)C2=O)c2ccccc12. The number of benzene rings is 3. The van der Waals surface area contributed by atoms with Crippen LogP contribution in [-0.4, -0.2) is 23.5 Å². The van der Waals surface area contributed by atoms with Crippen LogP contribution in [0.1, 0.15) is 12.5 Å². The van der Waals surface area contributed by atoms with Gasteiger partial charge in [-0.1, -0.05) is 42.5 Å². The summed E-state index contributed by atoms with van der Waals surface area (Å²) in [6.07, 6.45) is 1.49. The van der Waals surface area contributed by atoms with Gasteiger partial charge in [0, 0.05) is 5.39 Å². The van der Waals surface area contributed by atoms with Gasteiger partial charge in [0.1, 0.15) is 17.1 Å². The Kier molecular flexibility index (Phi) is 5.29. The number of ether oxygens (including phenoxy) is 1. The average Bonchev–Trinajstić information content (AvgIpc) is 2.74. The van der Waals surface area contributed by atoms with Gasteiger partial charge in [0.05, 0.1) is 12.3 Å². The summed E-state index contributed by atoms with van der Waals surface area (Å²) in [5.74, 6) is -1.22. The van der Waals surface area contributed by atoms with Crippen molar-refractivity contribution in [2.45, 2.75) is 6.92 Å². The number of rotatable bonds is 4. The van der Waals surface area contributed by atoms with Crippen LogP contribution in [0.4, 0.5) is 10.1 Å². The zero-order valence-electron chi connectivity index (χ0n) is 16.0. The first kappa shape index (κ1) is 19.7. The van der Waals surface area contributed by atoms with Crippen LogP contribution >= 0.6 is 12.2 Å². The minimum absolute atomic E-state index is 0.0186. The van der Waals surface area contributed by atoms with E-state index in [1.165, 1.54) is 24.3 Å². The lowest BCUT2D eigenvalue weighted by atomic mass is 10.00. The maximum atomic E-state index is 14.3. The van der Waals surface area contributed by atoms with Crippen molar-refractivity contribution in [3.63, 3.8) is 0 Å². The molecule has 0 aliphatic carbocycles. The number of amides is 2. The first-order chi connectivity index (χ1) is 14.5. The zero-order valence-corrected chi connectivity index (χ0v) is 16.8. The molecule has 0 radical (unpaired) electrons. The van der Waals surface area contributed by atoms with Crippen molar-refractivity contribution in [1.29, 1.82) is 0 Å².